The number of aromatic nitrogens is 1. The topological polar surface area (TPSA) is 69.7 Å². The molecular formula is C22H25N3O3. The predicted molar refractivity (Wildman–Crippen MR) is 110 cm³/mol. The normalized spacial score (nSPS) is 14.4. The second-order valence-corrected chi connectivity index (χ2v) is 6.94. The third kappa shape index (κ3) is 3.43. The van der Waals surface area contributed by atoms with Gasteiger partial charge in [-0.2, -0.15) is 0 Å². The van der Waals surface area contributed by atoms with Crippen LogP contribution in [0.1, 0.15) is 12.0 Å². The molecule has 1 fully saturated rings. The number of rotatable bonds is 5. The Morgan fingerprint density at radius 3 is 2.54 bits per heavy atom. The summed E-state index contributed by atoms with van der Waals surface area (Å²) >= 11 is 0. The van der Waals surface area contributed by atoms with Crippen LogP contribution < -0.4 is 10.6 Å². The Hall–Kier alpha value is -2.99. The SMILES string of the molecule is COc1ccc(-c2c(CCC(=O)N3CCOCC3)c3ccccc3n2N)cc1. The third-order valence-electron chi connectivity index (χ3n) is 5.33. The number of fused-ring (bicyclic) bond motifs is 1. The Kier molecular flexibility index (Phi) is 5.21. The maximum absolute atomic E-state index is 12.7. The summed E-state index contributed by atoms with van der Waals surface area (Å²) in [6.45, 7) is 2.57. The molecule has 2 aromatic carbocycles. The maximum atomic E-state index is 12.7. The molecule has 2 N–H and O–H groups in total. The van der Waals surface area contributed by atoms with Crippen molar-refractivity contribution in [1.82, 2.24) is 9.58 Å². The van der Waals surface area contributed by atoms with E-state index in [1.165, 1.54) is 0 Å². The molecule has 1 aliphatic heterocycles. The summed E-state index contributed by atoms with van der Waals surface area (Å²) in [5, 5.41) is 1.09. The Morgan fingerprint density at radius 1 is 1.11 bits per heavy atom. The van der Waals surface area contributed by atoms with Gasteiger partial charge in [0.05, 0.1) is 31.5 Å². The number of methoxy groups -OCH3 is 1. The maximum Gasteiger partial charge on any atom is 0.223 e. The van der Waals surface area contributed by atoms with Crippen molar-refractivity contribution >= 4 is 16.8 Å². The molecule has 0 spiro atoms. The molecule has 2 heterocycles. The predicted octanol–water partition coefficient (Wildman–Crippen LogP) is 2.82. The molecule has 4 rings (SSSR count). The number of benzene rings is 2. The Labute approximate surface area is 164 Å². The van der Waals surface area contributed by atoms with Crippen molar-refractivity contribution < 1.29 is 14.3 Å². The second-order valence-electron chi connectivity index (χ2n) is 6.94. The first kappa shape index (κ1) is 18.4. The highest BCUT2D eigenvalue weighted by Crippen LogP contribution is 2.34. The zero-order chi connectivity index (χ0) is 19.5. The summed E-state index contributed by atoms with van der Waals surface area (Å²) in [7, 11) is 1.65. The molecule has 28 heavy (non-hydrogen) atoms. The molecule has 0 atom stereocenters. The van der Waals surface area contributed by atoms with Crippen LogP contribution in [-0.2, 0) is 16.0 Å². The summed E-state index contributed by atoms with van der Waals surface area (Å²) in [5.74, 6) is 7.43. The van der Waals surface area contributed by atoms with Crippen LogP contribution in [0.5, 0.6) is 5.75 Å². The molecule has 146 valence electrons. The van der Waals surface area contributed by atoms with E-state index in [0.29, 0.717) is 39.1 Å². The molecule has 1 aromatic heterocycles. The molecule has 1 amide bonds. The van der Waals surface area contributed by atoms with E-state index in [0.717, 1.165) is 33.5 Å². The fourth-order valence-electron chi connectivity index (χ4n) is 3.85. The van der Waals surface area contributed by atoms with Gasteiger partial charge in [-0.25, -0.2) is 0 Å². The van der Waals surface area contributed by atoms with Crippen molar-refractivity contribution in [2.24, 2.45) is 0 Å². The van der Waals surface area contributed by atoms with Crippen molar-refractivity contribution in [3.63, 3.8) is 0 Å². The highest BCUT2D eigenvalue weighted by molar-refractivity contribution is 5.92. The lowest BCUT2D eigenvalue weighted by atomic mass is 10.0. The van der Waals surface area contributed by atoms with Gasteiger partial charge in [-0.05, 0) is 42.3 Å². The van der Waals surface area contributed by atoms with E-state index in [1.54, 1.807) is 11.8 Å². The average Bonchev–Trinajstić information content (AvgIpc) is 3.04. The molecule has 6 heteroatoms. The molecule has 0 radical (unpaired) electrons. The van der Waals surface area contributed by atoms with Crippen LogP contribution in [0, 0.1) is 0 Å². The van der Waals surface area contributed by atoms with Gasteiger partial charge in [0.25, 0.3) is 0 Å². The minimum absolute atomic E-state index is 0.165. The summed E-state index contributed by atoms with van der Waals surface area (Å²) in [5.41, 5.74) is 4.01. The number of aryl methyl sites for hydroxylation is 1. The molecule has 0 unspecified atom stereocenters. The van der Waals surface area contributed by atoms with E-state index >= 15 is 0 Å². The molecule has 0 saturated carbocycles. The standard InChI is InChI=1S/C22H25N3O3/c1-27-17-8-6-16(7-9-17)22-19(18-4-2-3-5-20(18)25(22)23)10-11-21(26)24-12-14-28-15-13-24/h2-9H,10-15,23H2,1H3. The number of hydrogen-bond acceptors (Lipinski definition) is 4. The van der Waals surface area contributed by atoms with E-state index in [4.69, 9.17) is 15.3 Å². The number of carbonyl (C=O) groups is 1. The lowest BCUT2D eigenvalue weighted by Gasteiger charge is -2.26. The minimum Gasteiger partial charge on any atom is -0.497 e. The van der Waals surface area contributed by atoms with Gasteiger partial charge >= 0.3 is 0 Å². The lowest BCUT2D eigenvalue weighted by molar-refractivity contribution is -0.135. The Balaban J connectivity index is 1.68. The zero-order valence-corrected chi connectivity index (χ0v) is 16.1. The summed E-state index contributed by atoms with van der Waals surface area (Å²) in [6, 6.07) is 15.9. The zero-order valence-electron chi connectivity index (χ0n) is 16.1. The van der Waals surface area contributed by atoms with Gasteiger partial charge in [-0.1, -0.05) is 18.2 Å². The van der Waals surface area contributed by atoms with Crippen LogP contribution in [0.25, 0.3) is 22.2 Å². The fourth-order valence-corrected chi connectivity index (χ4v) is 3.85. The van der Waals surface area contributed by atoms with Crippen molar-refractivity contribution in [3.8, 4) is 17.0 Å². The van der Waals surface area contributed by atoms with Crippen molar-refractivity contribution in [2.45, 2.75) is 12.8 Å². The number of ether oxygens (including phenoxy) is 2. The monoisotopic (exact) mass is 379 g/mol. The number of nitrogen functional groups attached to an aromatic ring is 1. The van der Waals surface area contributed by atoms with Crippen LogP contribution in [0.3, 0.4) is 0 Å². The minimum atomic E-state index is 0.165. The Morgan fingerprint density at radius 2 is 1.82 bits per heavy atom. The molecule has 3 aromatic rings. The van der Waals surface area contributed by atoms with Crippen molar-refractivity contribution in [2.75, 3.05) is 39.3 Å². The van der Waals surface area contributed by atoms with Crippen LogP contribution >= 0.6 is 0 Å². The number of morpholine rings is 1. The average molecular weight is 379 g/mol. The molecule has 0 aliphatic carbocycles. The molecule has 1 aliphatic rings. The number of nitrogens with zero attached hydrogens (tertiary/aromatic N) is 2. The summed E-state index contributed by atoms with van der Waals surface area (Å²) in [4.78, 5) is 14.5. The van der Waals surface area contributed by atoms with Crippen molar-refractivity contribution in [1.29, 1.82) is 0 Å². The highest BCUT2D eigenvalue weighted by Gasteiger charge is 2.21. The first-order valence-electron chi connectivity index (χ1n) is 9.56. The first-order valence-corrected chi connectivity index (χ1v) is 9.56. The van der Waals surface area contributed by atoms with Crippen LogP contribution in [-0.4, -0.2) is 48.9 Å². The molecule has 6 nitrogen and oxygen atoms in total. The van der Waals surface area contributed by atoms with Crippen LogP contribution in [0.2, 0.25) is 0 Å². The number of para-hydroxylation sites is 1. The lowest BCUT2D eigenvalue weighted by Crippen LogP contribution is -2.40. The molecule has 1 saturated heterocycles. The first-order chi connectivity index (χ1) is 13.7. The van der Waals surface area contributed by atoms with Gasteiger partial charge in [-0.15, -0.1) is 0 Å². The quantitative estimate of drug-likeness (QED) is 0.692. The second kappa shape index (κ2) is 7.94. The third-order valence-corrected chi connectivity index (χ3v) is 5.33. The van der Waals surface area contributed by atoms with Gasteiger partial charge in [0.15, 0.2) is 0 Å². The number of hydrogen-bond donors (Lipinski definition) is 1. The number of amides is 1. The van der Waals surface area contributed by atoms with Crippen LogP contribution in [0.4, 0.5) is 0 Å². The number of nitrogens with two attached hydrogens (primary N) is 1. The van der Waals surface area contributed by atoms with Gasteiger partial charge < -0.3 is 20.2 Å². The van der Waals surface area contributed by atoms with Crippen LogP contribution in [0.15, 0.2) is 48.5 Å². The van der Waals surface area contributed by atoms with Gasteiger partial charge in [0.2, 0.25) is 5.91 Å². The Bertz CT molecular complexity index is 973. The van der Waals surface area contributed by atoms with E-state index < -0.39 is 0 Å². The van der Waals surface area contributed by atoms with Gasteiger partial charge in [0, 0.05) is 30.5 Å². The highest BCUT2D eigenvalue weighted by atomic mass is 16.5. The van der Waals surface area contributed by atoms with E-state index in [-0.39, 0.29) is 5.91 Å². The largest absolute Gasteiger partial charge is 0.497 e. The molecular weight excluding hydrogens is 354 g/mol. The van der Waals surface area contributed by atoms with E-state index in [1.807, 2.05) is 47.4 Å². The van der Waals surface area contributed by atoms with Crippen molar-refractivity contribution in [3.05, 3.63) is 54.1 Å². The van der Waals surface area contributed by atoms with Gasteiger partial charge in [-0.3, -0.25) is 9.47 Å². The van der Waals surface area contributed by atoms with Gasteiger partial charge in [0.1, 0.15) is 5.75 Å². The fraction of sp³-hybridized carbons (Fsp3) is 0.318. The molecule has 0 bridgehead atoms. The summed E-state index contributed by atoms with van der Waals surface area (Å²) < 4.78 is 12.3. The number of carbonyl (C=O) groups excluding carboxylic acids is 1. The van der Waals surface area contributed by atoms with E-state index in [2.05, 4.69) is 6.07 Å². The smallest absolute Gasteiger partial charge is 0.223 e. The van der Waals surface area contributed by atoms with E-state index in [9.17, 15) is 4.79 Å². The summed E-state index contributed by atoms with van der Waals surface area (Å²) in [6.07, 6.45) is 1.10.